The van der Waals surface area contributed by atoms with E-state index in [-0.39, 0.29) is 5.97 Å². The van der Waals surface area contributed by atoms with Crippen LogP contribution in [0.25, 0.3) is 10.2 Å². The molecule has 0 atom stereocenters. The molecule has 0 aliphatic heterocycles. The van der Waals surface area contributed by atoms with E-state index in [9.17, 15) is 110 Å². The minimum Gasteiger partial charge on any atom is -0.465 e. The lowest BCUT2D eigenvalue weighted by Crippen LogP contribution is -2.75. The number of benzene rings is 6. The van der Waals surface area contributed by atoms with Gasteiger partial charge in [0.1, 0.15) is 16.4 Å². The summed E-state index contributed by atoms with van der Waals surface area (Å²) in [4.78, 5) is 11.9. The lowest BCUT2D eigenvalue weighted by molar-refractivity contribution is -0.658. The van der Waals surface area contributed by atoms with Crippen molar-refractivity contribution < 1.29 is 119 Å². The average molecular weight is 1150 g/mol. The fourth-order valence-corrected chi connectivity index (χ4v) is 9.25. The van der Waals surface area contributed by atoms with Crippen LogP contribution in [0.2, 0.25) is 0 Å². The Hall–Kier alpha value is -6.94. The molecule has 0 aliphatic rings. The Morgan fingerprint density at radius 3 is 0.961 bits per heavy atom. The van der Waals surface area contributed by atoms with Gasteiger partial charge >= 0.3 is 55.4 Å². The summed E-state index contributed by atoms with van der Waals surface area (Å²) in [7, 11) is 1.41. The Bertz CT molecular complexity index is 2850. The Morgan fingerprint density at radius 2 is 0.701 bits per heavy atom. The predicted molar refractivity (Wildman–Crippen MR) is 229 cm³/mol. The van der Waals surface area contributed by atoms with Crippen LogP contribution in [-0.4, -0.2) is 19.2 Å². The molecule has 7 rings (SSSR count). The van der Waals surface area contributed by atoms with Crippen molar-refractivity contribution in [2.75, 3.05) is 7.11 Å². The number of carbonyl (C=O) groups is 1. The van der Waals surface area contributed by atoms with Crippen molar-refractivity contribution in [3.05, 3.63) is 182 Å². The first-order valence-electron chi connectivity index (χ1n) is 20.9. The number of carbonyl (C=O) groups excluding carboxylic acids is 1. The Balaban J connectivity index is 0.000000397. The number of nitrogens with zero attached hydrogens (tertiary/aromatic N) is 1. The second-order valence-corrected chi connectivity index (χ2v) is 17.6. The SMILES string of the molecule is COC(=O)c1cccc2sc[n+](Cc3ccccc3)c12.FC(F)(F)c1cc([B-](c2cc(C(F)(F)F)cc(C(F)(F)F)c2)(c2cc(C(F)(F)F)cc(C(F)(F)F)c2)c2cc(C(F)(F)F)cc(C(F)(F)F)c2)cc(C(F)(F)F)c1. The molecular formula is C48H26BF24NO2S. The second kappa shape index (κ2) is 20.5. The Labute approximate surface area is 419 Å². The number of rotatable bonds is 7. The van der Waals surface area contributed by atoms with Gasteiger partial charge in [-0.1, -0.05) is 96.3 Å². The summed E-state index contributed by atoms with van der Waals surface area (Å²) in [5.74, 6) is -0.296. The highest BCUT2D eigenvalue weighted by Crippen LogP contribution is 2.41. The van der Waals surface area contributed by atoms with Gasteiger partial charge in [0, 0.05) is 5.56 Å². The lowest BCUT2D eigenvalue weighted by Gasteiger charge is -2.46. The molecule has 77 heavy (non-hydrogen) atoms. The molecule has 3 nitrogen and oxygen atoms in total. The first-order valence-corrected chi connectivity index (χ1v) is 21.8. The quantitative estimate of drug-likeness (QED) is 0.0689. The van der Waals surface area contributed by atoms with E-state index in [0.29, 0.717) is 5.56 Å². The number of esters is 1. The molecule has 412 valence electrons. The number of fused-ring (bicyclic) bond motifs is 1. The van der Waals surface area contributed by atoms with E-state index in [0.717, 1.165) is 16.8 Å². The molecule has 7 aromatic rings. The van der Waals surface area contributed by atoms with E-state index in [1.165, 1.54) is 12.7 Å². The summed E-state index contributed by atoms with van der Waals surface area (Å²) in [6, 6.07) is 7.11. The van der Waals surface area contributed by atoms with Crippen LogP contribution in [-0.2, 0) is 60.7 Å². The molecule has 0 aliphatic carbocycles. The monoisotopic (exact) mass is 1150 g/mol. The number of ether oxygens (including phenoxy) is 1. The van der Waals surface area contributed by atoms with E-state index in [1.54, 1.807) is 11.3 Å². The molecule has 0 spiro atoms. The summed E-state index contributed by atoms with van der Waals surface area (Å²) < 4.78 is 349. The van der Waals surface area contributed by atoms with E-state index in [4.69, 9.17) is 4.74 Å². The highest BCUT2D eigenvalue weighted by Gasteiger charge is 2.47. The number of para-hydroxylation sites is 1. The van der Waals surface area contributed by atoms with Gasteiger partial charge in [-0.05, 0) is 36.4 Å². The number of hydrogen-bond acceptors (Lipinski definition) is 3. The standard InChI is InChI=1S/C32H12BF24.C16H14NO2S/c34-25(35,36)13-1-14(26(37,38)39)6-21(5-13)33(22-7-15(27(40,41)42)2-16(8-22)28(43,44)45,23-9-17(29(46,47)48)3-18(10-23)30(49,50)51)24-11-19(31(52,53)54)4-20(12-24)32(55,56)57;1-19-16(18)13-8-5-9-14-15(13)17(11-20-14)10-12-6-3-2-4-7-12/h1-12H;2-9,11H,10H2,1H3/q-1;+1. The van der Waals surface area contributed by atoms with Gasteiger partial charge in [0.25, 0.3) is 0 Å². The summed E-state index contributed by atoms with van der Waals surface area (Å²) in [6.07, 6.45) is -54.8. The number of aromatic nitrogens is 1. The molecule has 0 N–H and O–H groups in total. The Morgan fingerprint density at radius 1 is 0.416 bits per heavy atom. The molecule has 0 saturated heterocycles. The smallest absolute Gasteiger partial charge is 0.416 e. The highest BCUT2D eigenvalue weighted by atomic mass is 32.1. The molecule has 1 heterocycles. The van der Waals surface area contributed by atoms with E-state index < -0.39 is 195 Å². The van der Waals surface area contributed by atoms with Crippen LogP contribution in [0.15, 0.2) is 127 Å². The molecule has 0 bridgehead atoms. The maximum Gasteiger partial charge on any atom is 0.416 e. The van der Waals surface area contributed by atoms with Gasteiger partial charge in [0.2, 0.25) is 11.0 Å². The molecule has 6 aromatic carbocycles. The average Bonchev–Trinajstić information content (AvgIpc) is 3.72. The number of halogens is 24. The number of methoxy groups -OCH3 is 1. The Kier molecular flexibility index (Phi) is 15.8. The minimum absolute atomic E-state index is 0.296. The summed E-state index contributed by atoms with van der Waals surface area (Å²) in [6.45, 7) is 0.745. The van der Waals surface area contributed by atoms with Crippen LogP contribution in [0.4, 0.5) is 105 Å². The fraction of sp³-hybridized carbons (Fsp3) is 0.208. The number of hydrogen-bond donors (Lipinski definition) is 0. The van der Waals surface area contributed by atoms with Crippen LogP contribution in [0.3, 0.4) is 0 Å². The maximum absolute atomic E-state index is 14.2. The molecule has 0 fully saturated rings. The topological polar surface area (TPSA) is 30.2 Å². The van der Waals surface area contributed by atoms with Gasteiger partial charge in [0.05, 0.1) is 51.6 Å². The van der Waals surface area contributed by atoms with E-state index in [1.807, 2.05) is 41.9 Å². The third kappa shape index (κ3) is 13.1. The van der Waals surface area contributed by atoms with Gasteiger partial charge in [0.15, 0.2) is 6.54 Å². The van der Waals surface area contributed by atoms with Crippen LogP contribution in [0.1, 0.15) is 60.4 Å². The lowest BCUT2D eigenvalue weighted by atomic mass is 9.12. The summed E-state index contributed by atoms with van der Waals surface area (Å²) >= 11 is 1.63. The van der Waals surface area contributed by atoms with Crippen molar-refractivity contribution in [3.63, 3.8) is 0 Å². The van der Waals surface area contributed by atoms with Gasteiger partial charge < -0.3 is 4.74 Å². The highest BCUT2D eigenvalue weighted by molar-refractivity contribution is 7.20. The molecule has 29 heteroatoms. The molecule has 0 amide bonds. The van der Waals surface area contributed by atoms with Crippen molar-refractivity contribution in [2.24, 2.45) is 0 Å². The van der Waals surface area contributed by atoms with Gasteiger partial charge in [-0.25, -0.2) is 4.79 Å². The van der Waals surface area contributed by atoms with Gasteiger partial charge in [-0.15, -0.1) is 0 Å². The zero-order valence-electron chi connectivity index (χ0n) is 37.7. The van der Waals surface area contributed by atoms with Gasteiger partial charge in [-0.2, -0.15) is 132 Å². The summed E-state index contributed by atoms with van der Waals surface area (Å²) in [5, 5.41) is 0. The van der Waals surface area contributed by atoms with Gasteiger partial charge in [-0.3, -0.25) is 0 Å². The molecular weight excluding hydrogens is 1120 g/mol. The third-order valence-corrected chi connectivity index (χ3v) is 12.6. The number of alkyl halides is 24. The zero-order valence-corrected chi connectivity index (χ0v) is 38.5. The van der Waals surface area contributed by atoms with Crippen molar-refractivity contribution in [1.29, 1.82) is 0 Å². The van der Waals surface area contributed by atoms with Crippen LogP contribution >= 0.6 is 11.3 Å². The van der Waals surface area contributed by atoms with E-state index in [2.05, 4.69) is 16.7 Å². The largest absolute Gasteiger partial charge is 0.465 e. The zero-order chi connectivity index (χ0) is 57.9. The van der Waals surface area contributed by atoms with Crippen LogP contribution in [0.5, 0.6) is 0 Å². The first-order chi connectivity index (χ1) is 35.1. The molecule has 0 radical (unpaired) electrons. The first kappa shape index (κ1) is 59.3. The van der Waals surface area contributed by atoms with Crippen LogP contribution < -0.4 is 26.4 Å². The van der Waals surface area contributed by atoms with Crippen molar-refractivity contribution in [1.82, 2.24) is 0 Å². The number of thiazole rings is 1. The fourth-order valence-electron chi connectivity index (χ4n) is 8.33. The molecule has 1 aromatic heterocycles. The maximum atomic E-state index is 14.2. The molecule has 0 unspecified atom stereocenters. The van der Waals surface area contributed by atoms with Crippen molar-refractivity contribution in [2.45, 2.75) is 56.0 Å². The van der Waals surface area contributed by atoms with E-state index >= 15 is 0 Å². The minimum atomic E-state index is -6.13. The predicted octanol–water partition coefficient (Wildman–Crippen LogP) is 14.2. The summed E-state index contributed by atoms with van der Waals surface area (Å²) in [5.41, 5.74) is -25.4. The van der Waals surface area contributed by atoms with Crippen molar-refractivity contribution in [3.8, 4) is 0 Å². The third-order valence-electron chi connectivity index (χ3n) is 11.6. The van der Waals surface area contributed by atoms with Crippen LogP contribution in [0, 0.1) is 0 Å². The molecule has 0 saturated carbocycles. The normalized spacial score (nSPS) is 13.4. The second-order valence-electron chi connectivity index (χ2n) is 16.7. The van der Waals surface area contributed by atoms with Crippen molar-refractivity contribution >= 4 is 55.5 Å².